The van der Waals surface area contributed by atoms with Crippen molar-refractivity contribution in [2.75, 3.05) is 6.54 Å². The maximum Gasteiger partial charge on any atom is 0.0343 e. The second-order valence-electron chi connectivity index (χ2n) is 3.99. The van der Waals surface area contributed by atoms with E-state index in [9.17, 15) is 0 Å². The Morgan fingerprint density at radius 2 is 2.18 bits per heavy atom. The first-order valence-electron chi connectivity index (χ1n) is 4.53. The van der Waals surface area contributed by atoms with Crippen molar-refractivity contribution in [3.63, 3.8) is 0 Å². The molecule has 1 heterocycles. The Hall–Kier alpha value is -0.460. The van der Waals surface area contributed by atoms with Crippen LogP contribution in [0, 0.1) is 0 Å². The summed E-state index contributed by atoms with van der Waals surface area (Å²) in [7, 11) is 0. The number of allylic oxidation sites excluding steroid dienone is 1. The van der Waals surface area contributed by atoms with Crippen molar-refractivity contribution in [3.05, 3.63) is 12.3 Å². The van der Waals surface area contributed by atoms with Gasteiger partial charge in [0.2, 0.25) is 0 Å². The number of rotatable bonds is 2. The SMILES string of the molecule is C=C(CC)N1CCCC1(C)C. The molecule has 0 amide bonds. The predicted molar refractivity (Wildman–Crippen MR) is 49.5 cm³/mol. The third-order valence-electron chi connectivity index (χ3n) is 2.69. The van der Waals surface area contributed by atoms with Gasteiger partial charge in [-0.2, -0.15) is 0 Å². The van der Waals surface area contributed by atoms with E-state index in [2.05, 4.69) is 32.3 Å². The first kappa shape index (κ1) is 8.63. The van der Waals surface area contributed by atoms with E-state index in [1.165, 1.54) is 25.1 Å². The van der Waals surface area contributed by atoms with Gasteiger partial charge in [0.15, 0.2) is 0 Å². The van der Waals surface area contributed by atoms with Crippen LogP contribution < -0.4 is 0 Å². The smallest absolute Gasteiger partial charge is 0.0343 e. The molecule has 1 nitrogen and oxygen atoms in total. The molecule has 0 aromatic heterocycles. The lowest BCUT2D eigenvalue weighted by Crippen LogP contribution is -2.36. The molecule has 1 saturated heterocycles. The molecule has 0 radical (unpaired) electrons. The number of hydrogen-bond donors (Lipinski definition) is 0. The van der Waals surface area contributed by atoms with Gasteiger partial charge in [0.05, 0.1) is 0 Å². The van der Waals surface area contributed by atoms with Crippen molar-refractivity contribution in [3.8, 4) is 0 Å². The van der Waals surface area contributed by atoms with Crippen LogP contribution in [0.15, 0.2) is 12.3 Å². The minimum atomic E-state index is 0.368. The maximum absolute atomic E-state index is 4.08. The summed E-state index contributed by atoms with van der Waals surface area (Å²) < 4.78 is 0. The molecule has 0 saturated carbocycles. The van der Waals surface area contributed by atoms with Crippen LogP contribution in [0.5, 0.6) is 0 Å². The van der Waals surface area contributed by atoms with Crippen LogP contribution in [0.2, 0.25) is 0 Å². The van der Waals surface area contributed by atoms with Gasteiger partial charge in [-0.15, -0.1) is 0 Å². The molecule has 0 aliphatic carbocycles. The highest BCUT2D eigenvalue weighted by Gasteiger charge is 2.31. The van der Waals surface area contributed by atoms with Gasteiger partial charge in [-0.25, -0.2) is 0 Å². The first-order valence-corrected chi connectivity index (χ1v) is 4.53. The van der Waals surface area contributed by atoms with E-state index in [0.717, 1.165) is 6.42 Å². The summed E-state index contributed by atoms with van der Waals surface area (Å²) in [6.07, 6.45) is 3.72. The second-order valence-corrected chi connectivity index (χ2v) is 3.99. The van der Waals surface area contributed by atoms with Gasteiger partial charge in [0, 0.05) is 17.8 Å². The van der Waals surface area contributed by atoms with Crippen molar-refractivity contribution >= 4 is 0 Å². The maximum atomic E-state index is 4.08. The molecule has 64 valence electrons. The molecular formula is C10H19N. The van der Waals surface area contributed by atoms with Gasteiger partial charge in [-0.05, 0) is 33.1 Å². The fraction of sp³-hybridized carbons (Fsp3) is 0.800. The van der Waals surface area contributed by atoms with Gasteiger partial charge in [-0.3, -0.25) is 0 Å². The minimum absolute atomic E-state index is 0.368. The highest BCUT2D eigenvalue weighted by Crippen LogP contribution is 2.31. The first-order chi connectivity index (χ1) is 5.08. The highest BCUT2D eigenvalue weighted by molar-refractivity contribution is 5.03. The standard InChI is InChI=1S/C10H19N/c1-5-9(2)11-8-6-7-10(11,3)4/h2,5-8H2,1,3-4H3. The zero-order chi connectivity index (χ0) is 8.48. The molecule has 0 aromatic carbocycles. The predicted octanol–water partition coefficient (Wildman–Crippen LogP) is 2.78. The van der Waals surface area contributed by atoms with E-state index >= 15 is 0 Å². The lowest BCUT2D eigenvalue weighted by molar-refractivity contribution is 0.223. The molecule has 1 fully saturated rings. The van der Waals surface area contributed by atoms with E-state index in [1.807, 2.05) is 0 Å². The Bertz CT molecular complexity index is 158. The molecule has 1 heteroatoms. The summed E-state index contributed by atoms with van der Waals surface area (Å²) in [4.78, 5) is 2.45. The largest absolute Gasteiger partial charge is 0.370 e. The zero-order valence-corrected chi connectivity index (χ0v) is 7.98. The summed E-state index contributed by atoms with van der Waals surface area (Å²) in [5.74, 6) is 0. The third-order valence-corrected chi connectivity index (χ3v) is 2.69. The summed E-state index contributed by atoms with van der Waals surface area (Å²) in [5.41, 5.74) is 1.67. The highest BCUT2D eigenvalue weighted by atomic mass is 15.2. The molecule has 0 N–H and O–H groups in total. The lowest BCUT2D eigenvalue weighted by atomic mass is 10.0. The van der Waals surface area contributed by atoms with E-state index in [1.54, 1.807) is 0 Å². The van der Waals surface area contributed by atoms with Gasteiger partial charge >= 0.3 is 0 Å². The van der Waals surface area contributed by atoms with Gasteiger partial charge in [0.25, 0.3) is 0 Å². The Kier molecular flexibility index (Phi) is 2.26. The molecule has 0 bridgehead atoms. The van der Waals surface area contributed by atoms with E-state index in [-0.39, 0.29) is 0 Å². The Morgan fingerprint density at radius 1 is 1.55 bits per heavy atom. The van der Waals surface area contributed by atoms with Crippen LogP contribution in [0.25, 0.3) is 0 Å². The molecule has 1 rings (SSSR count). The van der Waals surface area contributed by atoms with E-state index in [4.69, 9.17) is 0 Å². The van der Waals surface area contributed by atoms with Crippen LogP contribution in [0.1, 0.15) is 40.0 Å². The van der Waals surface area contributed by atoms with E-state index < -0.39 is 0 Å². The summed E-state index contributed by atoms with van der Waals surface area (Å²) in [6.45, 7) is 12.1. The molecule has 1 aliphatic rings. The van der Waals surface area contributed by atoms with Gasteiger partial charge in [-0.1, -0.05) is 13.5 Å². The average Bonchev–Trinajstić information content (AvgIpc) is 2.28. The molecule has 0 aromatic rings. The lowest BCUT2D eigenvalue weighted by Gasteiger charge is -2.34. The summed E-state index contributed by atoms with van der Waals surface area (Å²) >= 11 is 0. The van der Waals surface area contributed by atoms with Crippen LogP contribution in [-0.4, -0.2) is 17.0 Å². The summed E-state index contributed by atoms with van der Waals surface area (Å²) in [5, 5.41) is 0. The minimum Gasteiger partial charge on any atom is -0.370 e. The summed E-state index contributed by atoms with van der Waals surface area (Å²) in [6, 6.07) is 0. The average molecular weight is 153 g/mol. The fourth-order valence-corrected chi connectivity index (χ4v) is 1.88. The van der Waals surface area contributed by atoms with Gasteiger partial charge in [0.1, 0.15) is 0 Å². The van der Waals surface area contributed by atoms with E-state index in [0.29, 0.717) is 5.54 Å². The van der Waals surface area contributed by atoms with Crippen molar-refractivity contribution in [2.45, 2.75) is 45.6 Å². The molecule has 11 heavy (non-hydrogen) atoms. The van der Waals surface area contributed by atoms with Crippen LogP contribution in [0.4, 0.5) is 0 Å². The Morgan fingerprint density at radius 3 is 2.55 bits per heavy atom. The number of hydrogen-bond acceptors (Lipinski definition) is 1. The molecule has 0 spiro atoms. The second kappa shape index (κ2) is 2.88. The normalized spacial score (nSPS) is 22.3. The topological polar surface area (TPSA) is 3.24 Å². The quantitative estimate of drug-likeness (QED) is 0.589. The fourth-order valence-electron chi connectivity index (χ4n) is 1.88. The molecule has 0 atom stereocenters. The monoisotopic (exact) mass is 153 g/mol. The number of likely N-dealkylation sites (tertiary alicyclic amines) is 1. The van der Waals surface area contributed by atoms with Crippen molar-refractivity contribution < 1.29 is 0 Å². The zero-order valence-electron chi connectivity index (χ0n) is 7.98. The Labute approximate surface area is 70.1 Å². The van der Waals surface area contributed by atoms with Crippen molar-refractivity contribution in [1.29, 1.82) is 0 Å². The molecule has 0 unspecified atom stereocenters. The van der Waals surface area contributed by atoms with Crippen LogP contribution in [0.3, 0.4) is 0 Å². The van der Waals surface area contributed by atoms with Gasteiger partial charge < -0.3 is 4.90 Å². The van der Waals surface area contributed by atoms with Crippen LogP contribution in [-0.2, 0) is 0 Å². The Balaban J connectivity index is 2.64. The third kappa shape index (κ3) is 1.58. The van der Waals surface area contributed by atoms with Crippen molar-refractivity contribution in [1.82, 2.24) is 4.90 Å². The number of nitrogens with zero attached hydrogens (tertiary/aromatic N) is 1. The molecule has 1 aliphatic heterocycles. The molecular weight excluding hydrogens is 134 g/mol. The van der Waals surface area contributed by atoms with Crippen molar-refractivity contribution in [2.24, 2.45) is 0 Å². The van der Waals surface area contributed by atoms with Crippen LogP contribution >= 0.6 is 0 Å².